The number of aromatic nitrogens is 3. The highest BCUT2D eigenvalue weighted by molar-refractivity contribution is 7.08. The molecule has 0 aliphatic carbocycles. The van der Waals surface area contributed by atoms with Crippen molar-refractivity contribution >= 4 is 22.8 Å². The maximum Gasteiger partial charge on any atom is 0.227 e. The van der Waals surface area contributed by atoms with Crippen LogP contribution in [0.15, 0.2) is 66.0 Å². The first-order valence-electron chi connectivity index (χ1n) is 10.0. The molecule has 1 atom stereocenters. The van der Waals surface area contributed by atoms with Crippen molar-refractivity contribution in [2.45, 2.75) is 12.5 Å². The van der Waals surface area contributed by atoms with Crippen LogP contribution in [0.1, 0.15) is 17.3 Å². The molecule has 1 unspecified atom stereocenters. The van der Waals surface area contributed by atoms with Crippen LogP contribution in [0.25, 0.3) is 16.6 Å². The molecule has 5 heterocycles. The lowest BCUT2D eigenvalue weighted by Gasteiger charge is -2.39. The Bertz CT molecular complexity index is 1160. The highest BCUT2D eigenvalue weighted by Crippen LogP contribution is 2.28. The molecule has 0 bridgehead atoms. The van der Waals surface area contributed by atoms with Crippen molar-refractivity contribution in [1.82, 2.24) is 24.2 Å². The van der Waals surface area contributed by atoms with Crippen LogP contribution in [0.4, 0.5) is 0 Å². The van der Waals surface area contributed by atoms with Crippen LogP contribution in [-0.2, 0) is 11.2 Å². The topological polar surface area (TPSA) is 53.7 Å². The predicted molar refractivity (Wildman–Crippen MR) is 118 cm³/mol. The van der Waals surface area contributed by atoms with Crippen molar-refractivity contribution < 1.29 is 4.79 Å². The van der Waals surface area contributed by atoms with E-state index < -0.39 is 0 Å². The smallest absolute Gasteiger partial charge is 0.227 e. The monoisotopic (exact) mass is 417 g/mol. The van der Waals surface area contributed by atoms with Crippen LogP contribution in [0.2, 0.25) is 0 Å². The fourth-order valence-corrected chi connectivity index (χ4v) is 4.73. The number of amides is 1. The number of fused-ring (bicyclic) bond motifs is 1. The third-order valence-corrected chi connectivity index (χ3v) is 6.54. The Labute approximate surface area is 179 Å². The molecular formula is C23H23N5OS. The molecule has 1 aliphatic rings. The number of rotatable bonds is 4. The molecule has 5 rings (SSSR count). The molecule has 0 spiro atoms. The zero-order chi connectivity index (χ0) is 20.5. The molecule has 4 aromatic rings. The van der Waals surface area contributed by atoms with E-state index in [1.165, 1.54) is 0 Å². The number of carbonyl (C=O) groups is 1. The lowest BCUT2D eigenvalue weighted by molar-refractivity contribution is -0.133. The Balaban J connectivity index is 1.40. The van der Waals surface area contributed by atoms with Gasteiger partial charge in [-0.05, 0) is 47.1 Å². The van der Waals surface area contributed by atoms with E-state index in [4.69, 9.17) is 4.98 Å². The maximum atomic E-state index is 12.8. The Morgan fingerprint density at radius 2 is 2.13 bits per heavy atom. The van der Waals surface area contributed by atoms with Crippen LogP contribution < -0.4 is 0 Å². The summed E-state index contributed by atoms with van der Waals surface area (Å²) in [6, 6.07) is 10.3. The summed E-state index contributed by atoms with van der Waals surface area (Å²) in [5.74, 6) is 0.189. The molecular weight excluding hydrogens is 394 g/mol. The molecule has 1 saturated heterocycles. The second kappa shape index (κ2) is 8.01. The first-order chi connectivity index (χ1) is 14.7. The molecule has 1 fully saturated rings. The fourth-order valence-electron chi connectivity index (χ4n) is 4.06. The molecule has 6 nitrogen and oxygen atoms in total. The molecule has 30 heavy (non-hydrogen) atoms. The summed E-state index contributed by atoms with van der Waals surface area (Å²) >= 11 is 1.63. The van der Waals surface area contributed by atoms with E-state index >= 15 is 0 Å². The van der Waals surface area contributed by atoms with E-state index in [1.807, 2.05) is 40.3 Å². The SMILES string of the molecule is CN1CCN(C(=O)Cc2ccsc2)CC1c1ncn2cc(-c3cccnc3)ccc12. The average Bonchev–Trinajstić information content (AvgIpc) is 3.44. The summed E-state index contributed by atoms with van der Waals surface area (Å²) in [4.78, 5) is 26.1. The summed E-state index contributed by atoms with van der Waals surface area (Å²) in [5, 5.41) is 4.07. The Kier molecular flexibility index (Phi) is 5.06. The van der Waals surface area contributed by atoms with Crippen LogP contribution in [0.5, 0.6) is 0 Å². The van der Waals surface area contributed by atoms with Gasteiger partial charge in [0.15, 0.2) is 0 Å². The van der Waals surface area contributed by atoms with Crippen LogP contribution in [-0.4, -0.2) is 56.8 Å². The van der Waals surface area contributed by atoms with E-state index in [2.05, 4.69) is 45.7 Å². The highest BCUT2D eigenvalue weighted by atomic mass is 32.1. The number of imidazole rings is 1. The zero-order valence-corrected chi connectivity index (χ0v) is 17.6. The number of likely N-dealkylation sites (N-methyl/N-ethyl adjacent to an activating group) is 1. The fraction of sp³-hybridized carbons (Fsp3) is 0.261. The lowest BCUT2D eigenvalue weighted by Crippen LogP contribution is -2.49. The zero-order valence-electron chi connectivity index (χ0n) is 16.8. The quantitative estimate of drug-likeness (QED) is 0.510. The van der Waals surface area contributed by atoms with Crippen LogP contribution in [0, 0.1) is 0 Å². The number of hydrogen-bond donors (Lipinski definition) is 0. The van der Waals surface area contributed by atoms with Gasteiger partial charge in [-0.3, -0.25) is 14.7 Å². The number of thiophene rings is 1. The largest absolute Gasteiger partial charge is 0.339 e. The van der Waals surface area contributed by atoms with E-state index in [-0.39, 0.29) is 11.9 Å². The van der Waals surface area contributed by atoms with Crippen LogP contribution in [0.3, 0.4) is 0 Å². The van der Waals surface area contributed by atoms with Gasteiger partial charge in [0.2, 0.25) is 5.91 Å². The van der Waals surface area contributed by atoms with Gasteiger partial charge < -0.3 is 9.30 Å². The Hall–Kier alpha value is -3.03. The van der Waals surface area contributed by atoms with Crippen molar-refractivity contribution in [1.29, 1.82) is 0 Å². The van der Waals surface area contributed by atoms with E-state index in [0.29, 0.717) is 13.0 Å². The van der Waals surface area contributed by atoms with Gasteiger partial charge in [-0.2, -0.15) is 11.3 Å². The number of carbonyl (C=O) groups excluding carboxylic acids is 1. The van der Waals surface area contributed by atoms with Gasteiger partial charge in [0.05, 0.1) is 30.0 Å². The molecule has 0 aromatic carbocycles. The van der Waals surface area contributed by atoms with E-state index in [1.54, 1.807) is 17.5 Å². The van der Waals surface area contributed by atoms with E-state index in [9.17, 15) is 4.79 Å². The van der Waals surface area contributed by atoms with Crippen LogP contribution >= 0.6 is 11.3 Å². The lowest BCUT2D eigenvalue weighted by atomic mass is 10.1. The number of pyridine rings is 2. The second-order valence-electron chi connectivity index (χ2n) is 7.73. The maximum absolute atomic E-state index is 12.8. The van der Waals surface area contributed by atoms with Gasteiger partial charge in [-0.15, -0.1) is 0 Å². The van der Waals surface area contributed by atoms with Crippen molar-refractivity contribution in [3.63, 3.8) is 0 Å². The van der Waals surface area contributed by atoms with E-state index in [0.717, 1.165) is 41.0 Å². The molecule has 1 aliphatic heterocycles. The van der Waals surface area contributed by atoms with Gasteiger partial charge in [-0.25, -0.2) is 4.98 Å². The Morgan fingerprint density at radius 1 is 1.20 bits per heavy atom. The Morgan fingerprint density at radius 3 is 2.93 bits per heavy atom. The molecule has 7 heteroatoms. The summed E-state index contributed by atoms with van der Waals surface area (Å²) in [6.07, 6.45) is 8.07. The summed E-state index contributed by atoms with van der Waals surface area (Å²) < 4.78 is 2.07. The van der Waals surface area contributed by atoms with Gasteiger partial charge >= 0.3 is 0 Å². The van der Waals surface area contributed by atoms with Crippen molar-refractivity contribution in [3.8, 4) is 11.1 Å². The second-order valence-corrected chi connectivity index (χ2v) is 8.51. The van der Waals surface area contributed by atoms with Gasteiger partial charge in [0, 0.05) is 43.8 Å². The third-order valence-electron chi connectivity index (χ3n) is 5.81. The first kappa shape index (κ1) is 19.0. The standard InChI is InChI=1S/C23H23N5OS/c1-26-8-9-27(22(29)11-17-6-10-30-15-17)14-21(26)23-20-5-4-19(13-28(20)16-25-23)18-3-2-7-24-12-18/h2-7,10,12-13,15-16,21H,8-9,11,14H2,1H3. The molecule has 1 amide bonds. The minimum absolute atomic E-state index is 0.0828. The number of piperazine rings is 1. The number of hydrogen-bond acceptors (Lipinski definition) is 5. The molecule has 0 saturated carbocycles. The normalized spacial score (nSPS) is 17.5. The molecule has 0 radical (unpaired) electrons. The van der Waals surface area contributed by atoms with Crippen molar-refractivity contribution in [2.24, 2.45) is 0 Å². The van der Waals surface area contributed by atoms with Crippen molar-refractivity contribution in [3.05, 3.63) is 77.3 Å². The third kappa shape index (κ3) is 3.62. The minimum atomic E-state index is 0.0828. The minimum Gasteiger partial charge on any atom is -0.339 e. The molecule has 0 N–H and O–H groups in total. The van der Waals surface area contributed by atoms with Gasteiger partial charge in [0.1, 0.15) is 0 Å². The number of nitrogens with zero attached hydrogens (tertiary/aromatic N) is 5. The summed E-state index contributed by atoms with van der Waals surface area (Å²) in [6.45, 7) is 2.26. The summed E-state index contributed by atoms with van der Waals surface area (Å²) in [5.41, 5.74) is 5.37. The molecule has 4 aromatic heterocycles. The highest BCUT2D eigenvalue weighted by Gasteiger charge is 2.31. The van der Waals surface area contributed by atoms with Crippen molar-refractivity contribution in [2.75, 3.05) is 26.7 Å². The summed E-state index contributed by atoms with van der Waals surface area (Å²) in [7, 11) is 2.11. The average molecular weight is 418 g/mol. The van der Waals surface area contributed by atoms with Gasteiger partial charge in [-0.1, -0.05) is 12.1 Å². The predicted octanol–water partition coefficient (Wildman–Crippen LogP) is 3.52. The first-order valence-corrected chi connectivity index (χ1v) is 11.0. The molecule has 152 valence electrons. The van der Waals surface area contributed by atoms with Gasteiger partial charge in [0.25, 0.3) is 0 Å².